The summed E-state index contributed by atoms with van der Waals surface area (Å²) in [6, 6.07) is 3.57. The minimum Gasteiger partial charge on any atom is -0.396 e. The van der Waals surface area contributed by atoms with Gasteiger partial charge in [0.1, 0.15) is 5.69 Å². The molecule has 2 aromatic heterocycles. The zero-order valence-electron chi connectivity index (χ0n) is 18.6. The van der Waals surface area contributed by atoms with E-state index in [1.165, 1.54) is 4.68 Å². The molecule has 0 radical (unpaired) electrons. The number of carbonyl (C=O) groups excluding carboxylic acids is 2. The van der Waals surface area contributed by atoms with E-state index in [0.717, 1.165) is 18.5 Å². The number of aliphatic hydroxyl groups is 1. The molecule has 1 fully saturated rings. The molecular weight excluding hydrogens is 400 g/mol. The van der Waals surface area contributed by atoms with Gasteiger partial charge in [-0.2, -0.15) is 10.2 Å². The van der Waals surface area contributed by atoms with E-state index in [9.17, 15) is 14.7 Å². The number of H-pyrrole nitrogens is 1. The van der Waals surface area contributed by atoms with Gasteiger partial charge >= 0.3 is 0 Å². The number of rotatable bonds is 9. The van der Waals surface area contributed by atoms with Crippen molar-refractivity contribution >= 4 is 17.6 Å². The van der Waals surface area contributed by atoms with Crippen LogP contribution in [0, 0.1) is 5.41 Å². The van der Waals surface area contributed by atoms with Crippen LogP contribution < -0.4 is 10.6 Å². The molecule has 170 valence electrons. The van der Waals surface area contributed by atoms with E-state index in [1.54, 1.807) is 20.2 Å². The molecule has 0 bridgehead atoms. The van der Waals surface area contributed by atoms with E-state index in [4.69, 9.17) is 4.74 Å². The number of aryl methyl sites for hydroxylation is 1. The summed E-state index contributed by atoms with van der Waals surface area (Å²) in [5, 5.41) is 27.2. The molecule has 10 heteroatoms. The van der Waals surface area contributed by atoms with Crippen LogP contribution in [-0.4, -0.2) is 56.7 Å². The lowest BCUT2D eigenvalue weighted by atomic mass is 9.82. The molecule has 0 saturated heterocycles. The molecule has 0 aromatic carbocycles. The van der Waals surface area contributed by atoms with Gasteiger partial charge in [0.15, 0.2) is 5.82 Å². The predicted molar refractivity (Wildman–Crippen MR) is 114 cm³/mol. The Labute approximate surface area is 181 Å². The fourth-order valence-corrected chi connectivity index (χ4v) is 4.29. The monoisotopic (exact) mass is 432 g/mol. The maximum atomic E-state index is 12.6. The molecule has 1 aliphatic carbocycles. The van der Waals surface area contributed by atoms with Gasteiger partial charge in [-0.05, 0) is 39.2 Å². The smallest absolute Gasteiger partial charge is 0.275 e. The van der Waals surface area contributed by atoms with Crippen LogP contribution in [0.3, 0.4) is 0 Å². The van der Waals surface area contributed by atoms with Crippen LogP contribution in [0.15, 0.2) is 12.1 Å². The highest BCUT2D eigenvalue weighted by molar-refractivity contribution is 6.02. The lowest BCUT2D eigenvalue weighted by molar-refractivity contribution is -0.124. The first-order valence-electron chi connectivity index (χ1n) is 10.5. The number of methoxy groups -OCH3 is 1. The Morgan fingerprint density at radius 1 is 1.42 bits per heavy atom. The Morgan fingerprint density at radius 2 is 2.19 bits per heavy atom. The van der Waals surface area contributed by atoms with Gasteiger partial charge in [-0.25, -0.2) is 0 Å². The Hall–Kier alpha value is -2.72. The summed E-state index contributed by atoms with van der Waals surface area (Å²) in [7, 11) is 3.28. The van der Waals surface area contributed by atoms with Crippen molar-refractivity contribution in [3.63, 3.8) is 0 Å². The molecule has 1 saturated carbocycles. The first kappa shape index (κ1) is 23.0. The zero-order valence-corrected chi connectivity index (χ0v) is 18.6. The second-order valence-electron chi connectivity index (χ2n) is 8.74. The van der Waals surface area contributed by atoms with E-state index in [1.807, 2.05) is 19.9 Å². The van der Waals surface area contributed by atoms with Gasteiger partial charge in [0.2, 0.25) is 5.91 Å². The molecule has 4 N–H and O–H groups in total. The lowest BCUT2D eigenvalue weighted by Gasteiger charge is -2.26. The number of amides is 2. The molecule has 2 aromatic rings. The highest BCUT2D eigenvalue weighted by Crippen LogP contribution is 2.48. The second-order valence-corrected chi connectivity index (χ2v) is 8.74. The number of hydrogen-bond donors (Lipinski definition) is 4. The molecule has 10 nitrogen and oxygen atoms in total. The summed E-state index contributed by atoms with van der Waals surface area (Å²) < 4.78 is 6.56. The van der Waals surface area contributed by atoms with Gasteiger partial charge in [-0.3, -0.25) is 19.4 Å². The summed E-state index contributed by atoms with van der Waals surface area (Å²) in [6.07, 6.45) is 2.60. The number of aromatic nitrogens is 4. The SMILES string of the molecule is COCc1cc(C(=O)Nc2cc([C@@H]3CC[C@](CO)(CC(=O)NC(C)C)C3)[nH]n2)n(C)n1. The van der Waals surface area contributed by atoms with Crippen molar-refractivity contribution in [2.24, 2.45) is 12.5 Å². The number of ether oxygens (including phenoxy) is 1. The number of nitrogens with zero attached hydrogens (tertiary/aromatic N) is 3. The lowest BCUT2D eigenvalue weighted by Crippen LogP contribution is -2.36. The minimum absolute atomic E-state index is 0.0307. The van der Waals surface area contributed by atoms with Crippen molar-refractivity contribution in [1.82, 2.24) is 25.3 Å². The average molecular weight is 433 g/mol. The third-order valence-electron chi connectivity index (χ3n) is 5.76. The average Bonchev–Trinajstić information content (AvgIpc) is 3.40. The molecule has 1 aliphatic rings. The van der Waals surface area contributed by atoms with Gasteiger partial charge in [-0.15, -0.1) is 0 Å². The van der Waals surface area contributed by atoms with Crippen LogP contribution in [0.5, 0.6) is 0 Å². The van der Waals surface area contributed by atoms with Gasteiger partial charge in [0.05, 0.1) is 12.3 Å². The zero-order chi connectivity index (χ0) is 22.6. The Morgan fingerprint density at radius 3 is 2.87 bits per heavy atom. The number of carbonyl (C=O) groups is 2. The fourth-order valence-electron chi connectivity index (χ4n) is 4.29. The normalized spacial score (nSPS) is 20.9. The largest absolute Gasteiger partial charge is 0.396 e. The quantitative estimate of drug-likeness (QED) is 0.476. The van der Waals surface area contributed by atoms with Crippen LogP contribution in [0.25, 0.3) is 0 Å². The fraction of sp³-hybridized carbons (Fsp3) is 0.619. The number of anilines is 1. The third-order valence-corrected chi connectivity index (χ3v) is 5.76. The highest BCUT2D eigenvalue weighted by Gasteiger charge is 2.41. The van der Waals surface area contributed by atoms with Crippen LogP contribution in [0.4, 0.5) is 5.82 Å². The summed E-state index contributed by atoms with van der Waals surface area (Å²) in [5.41, 5.74) is 1.54. The van der Waals surface area contributed by atoms with Crippen LogP contribution in [0.2, 0.25) is 0 Å². The van der Waals surface area contributed by atoms with Crippen LogP contribution >= 0.6 is 0 Å². The van der Waals surface area contributed by atoms with Crippen molar-refractivity contribution in [1.29, 1.82) is 0 Å². The number of hydrogen-bond acceptors (Lipinski definition) is 6. The minimum atomic E-state index is -0.426. The molecule has 0 aliphatic heterocycles. The Kier molecular flexibility index (Phi) is 7.11. The van der Waals surface area contributed by atoms with Crippen molar-refractivity contribution < 1.29 is 19.4 Å². The molecule has 0 unspecified atom stereocenters. The van der Waals surface area contributed by atoms with Crippen LogP contribution in [0.1, 0.15) is 67.3 Å². The summed E-state index contributed by atoms with van der Waals surface area (Å²) >= 11 is 0. The Balaban J connectivity index is 1.63. The molecule has 2 atom stereocenters. The topological polar surface area (TPSA) is 134 Å². The Bertz CT molecular complexity index is 921. The van der Waals surface area contributed by atoms with E-state index >= 15 is 0 Å². The van der Waals surface area contributed by atoms with E-state index in [-0.39, 0.29) is 30.4 Å². The maximum Gasteiger partial charge on any atom is 0.275 e. The van der Waals surface area contributed by atoms with Gasteiger partial charge in [0.25, 0.3) is 5.91 Å². The molecule has 2 heterocycles. The van der Waals surface area contributed by atoms with Crippen molar-refractivity contribution in [2.45, 2.75) is 58.1 Å². The van der Waals surface area contributed by atoms with Crippen molar-refractivity contribution in [3.05, 3.63) is 29.2 Å². The third kappa shape index (κ3) is 5.50. The molecule has 2 amide bonds. The first-order chi connectivity index (χ1) is 14.7. The number of aromatic amines is 1. The van der Waals surface area contributed by atoms with E-state index in [2.05, 4.69) is 25.9 Å². The van der Waals surface area contributed by atoms with Crippen LogP contribution in [-0.2, 0) is 23.2 Å². The van der Waals surface area contributed by atoms with Gasteiger partial charge in [0, 0.05) is 56.3 Å². The van der Waals surface area contributed by atoms with Gasteiger partial charge < -0.3 is 20.5 Å². The molecule has 31 heavy (non-hydrogen) atoms. The first-order valence-corrected chi connectivity index (χ1v) is 10.5. The predicted octanol–water partition coefficient (Wildman–Crippen LogP) is 1.70. The summed E-state index contributed by atoms with van der Waals surface area (Å²) in [6.45, 7) is 4.14. The molecule has 0 spiro atoms. The molecular formula is C21H32N6O4. The second kappa shape index (κ2) is 9.61. The van der Waals surface area contributed by atoms with Crippen molar-refractivity contribution in [3.8, 4) is 0 Å². The number of nitrogens with one attached hydrogen (secondary N) is 3. The highest BCUT2D eigenvalue weighted by atomic mass is 16.5. The maximum absolute atomic E-state index is 12.6. The van der Waals surface area contributed by atoms with E-state index in [0.29, 0.717) is 36.7 Å². The summed E-state index contributed by atoms with van der Waals surface area (Å²) in [5.74, 6) is 0.221. The number of aliphatic hydroxyl groups excluding tert-OH is 1. The standard InChI is InChI=1S/C21H32N6O4/c1-13(2)22-19(29)10-21(12-28)6-5-14(9-21)16-8-18(25-24-16)23-20(30)17-7-15(11-31-4)26-27(17)3/h7-8,13-14,28H,5-6,9-12H2,1-4H3,(H,22,29)(H2,23,24,25,30)/t14-,21-/m1/s1. The van der Waals surface area contributed by atoms with Gasteiger partial charge in [-0.1, -0.05) is 0 Å². The summed E-state index contributed by atoms with van der Waals surface area (Å²) in [4.78, 5) is 24.8. The van der Waals surface area contributed by atoms with Crippen molar-refractivity contribution in [2.75, 3.05) is 19.0 Å². The van der Waals surface area contributed by atoms with E-state index < -0.39 is 5.41 Å². The molecule has 3 rings (SSSR count).